The fourth-order valence-corrected chi connectivity index (χ4v) is 1.73. The molecule has 0 N–H and O–H groups in total. The van der Waals surface area contributed by atoms with Crippen LogP contribution in [0, 0.1) is 0 Å². The lowest BCUT2D eigenvalue weighted by molar-refractivity contribution is -0.128. The molecule has 0 aliphatic carbocycles. The maximum absolute atomic E-state index is 9.90. The highest BCUT2D eigenvalue weighted by atomic mass is 32.1. The first-order chi connectivity index (χ1) is 6.54. The largest absolute Gasteiger partial charge is 0.467 e. The zero-order valence-corrected chi connectivity index (χ0v) is 9.43. The smallest absolute Gasteiger partial charge is 0.293 e. The van der Waals surface area contributed by atoms with Gasteiger partial charge in [0.25, 0.3) is 6.47 Å². The second-order valence-corrected chi connectivity index (χ2v) is 5.03. The fourth-order valence-electron chi connectivity index (χ4n) is 0.852. The highest BCUT2D eigenvalue weighted by Crippen LogP contribution is 2.25. The van der Waals surface area contributed by atoms with Gasteiger partial charge in [0.15, 0.2) is 0 Å². The van der Waals surface area contributed by atoms with Gasteiger partial charge in [-0.05, 0) is 0 Å². The summed E-state index contributed by atoms with van der Waals surface area (Å²) in [6.45, 7) is 7.12. The molecular weight excluding hydrogens is 200 g/mol. The molecule has 0 aliphatic heterocycles. The molecule has 1 heterocycles. The van der Waals surface area contributed by atoms with E-state index in [0.717, 1.165) is 10.0 Å². The van der Waals surface area contributed by atoms with E-state index >= 15 is 0 Å². The number of carbonyl (C=O) groups excluding carboxylic acids is 1. The molecule has 4 nitrogen and oxygen atoms in total. The Labute approximate surface area is 87.3 Å². The van der Waals surface area contributed by atoms with Crippen molar-refractivity contribution >= 4 is 17.8 Å². The van der Waals surface area contributed by atoms with Crippen LogP contribution in [0.15, 0.2) is 0 Å². The van der Waals surface area contributed by atoms with Crippen molar-refractivity contribution in [3.8, 4) is 0 Å². The van der Waals surface area contributed by atoms with Crippen molar-refractivity contribution in [1.29, 1.82) is 0 Å². The van der Waals surface area contributed by atoms with Gasteiger partial charge in [-0.25, -0.2) is 0 Å². The molecule has 0 saturated heterocycles. The third kappa shape index (κ3) is 3.06. The van der Waals surface area contributed by atoms with Crippen LogP contribution in [0.3, 0.4) is 0 Å². The van der Waals surface area contributed by atoms with Gasteiger partial charge in [0.05, 0.1) is 6.61 Å². The SMILES string of the molecule is CC(C)(C)c1nnc(CCOC=O)s1. The third-order valence-corrected chi connectivity index (χ3v) is 3.02. The molecule has 0 bridgehead atoms. The molecule has 0 atom stereocenters. The quantitative estimate of drug-likeness (QED) is 0.563. The summed E-state index contributed by atoms with van der Waals surface area (Å²) in [6, 6.07) is 0. The van der Waals surface area contributed by atoms with E-state index in [1.807, 2.05) is 0 Å². The molecule has 0 aromatic carbocycles. The third-order valence-electron chi connectivity index (χ3n) is 1.61. The van der Waals surface area contributed by atoms with Crippen LogP contribution in [0.5, 0.6) is 0 Å². The monoisotopic (exact) mass is 214 g/mol. The van der Waals surface area contributed by atoms with Gasteiger partial charge in [-0.1, -0.05) is 20.8 Å². The van der Waals surface area contributed by atoms with E-state index in [9.17, 15) is 4.79 Å². The Morgan fingerprint density at radius 1 is 1.43 bits per heavy atom. The number of hydrogen-bond acceptors (Lipinski definition) is 5. The van der Waals surface area contributed by atoms with E-state index < -0.39 is 0 Å². The van der Waals surface area contributed by atoms with Crippen molar-refractivity contribution in [2.24, 2.45) is 0 Å². The number of ether oxygens (including phenoxy) is 1. The summed E-state index contributed by atoms with van der Waals surface area (Å²) in [5.41, 5.74) is 0.0431. The van der Waals surface area contributed by atoms with Gasteiger partial charge >= 0.3 is 0 Å². The van der Waals surface area contributed by atoms with Gasteiger partial charge in [-0.3, -0.25) is 4.79 Å². The molecular formula is C9H14N2O2S. The predicted octanol–water partition coefficient (Wildman–Crippen LogP) is 1.55. The lowest BCUT2D eigenvalue weighted by Gasteiger charge is -2.12. The highest BCUT2D eigenvalue weighted by molar-refractivity contribution is 7.11. The lowest BCUT2D eigenvalue weighted by atomic mass is 9.98. The van der Waals surface area contributed by atoms with Crippen LogP contribution >= 0.6 is 11.3 Å². The van der Waals surface area contributed by atoms with Gasteiger partial charge in [0, 0.05) is 11.8 Å². The van der Waals surface area contributed by atoms with E-state index in [-0.39, 0.29) is 5.41 Å². The fraction of sp³-hybridized carbons (Fsp3) is 0.667. The minimum absolute atomic E-state index is 0.0431. The summed E-state index contributed by atoms with van der Waals surface area (Å²) in [5, 5.41) is 10.0. The molecule has 1 aromatic heterocycles. The second-order valence-electron chi connectivity index (χ2n) is 3.97. The number of aromatic nitrogens is 2. The topological polar surface area (TPSA) is 52.1 Å². The summed E-state index contributed by atoms with van der Waals surface area (Å²) >= 11 is 1.57. The van der Waals surface area contributed by atoms with Crippen molar-refractivity contribution in [3.05, 3.63) is 10.0 Å². The van der Waals surface area contributed by atoms with Crippen molar-refractivity contribution in [2.45, 2.75) is 32.6 Å². The van der Waals surface area contributed by atoms with Crippen molar-refractivity contribution in [1.82, 2.24) is 10.2 Å². The molecule has 0 amide bonds. The molecule has 14 heavy (non-hydrogen) atoms. The summed E-state index contributed by atoms with van der Waals surface area (Å²) in [6.07, 6.45) is 0.645. The molecule has 0 aliphatic rings. The van der Waals surface area contributed by atoms with Crippen LogP contribution < -0.4 is 0 Å². The van der Waals surface area contributed by atoms with Crippen LogP contribution in [-0.2, 0) is 21.4 Å². The zero-order valence-electron chi connectivity index (χ0n) is 8.61. The average Bonchev–Trinajstić information content (AvgIpc) is 2.52. The van der Waals surface area contributed by atoms with E-state index in [2.05, 4.69) is 35.7 Å². The lowest BCUT2D eigenvalue weighted by Crippen LogP contribution is -2.10. The minimum atomic E-state index is 0.0431. The first-order valence-corrected chi connectivity index (χ1v) is 5.24. The Hall–Kier alpha value is -0.970. The number of carbonyl (C=O) groups is 1. The maximum atomic E-state index is 9.90. The maximum Gasteiger partial charge on any atom is 0.293 e. The second kappa shape index (κ2) is 4.50. The Morgan fingerprint density at radius 2 is 2.14 bits per heavy atom. The normalized spacial score (nSPS) is 11.4. The van der Waals surface area contributed by atoms with Crippen molar-refractivity contribution in [3.63, 3.8) is 0 Å². The molecule has 0 unspecified atom stereocenters. The molecule has 1 rings (SSSR count). The molecule has 0 spiro atoms. The number of hydrogen-bond donors (Lipinski definition) is 0. The first-order valence-electron chi connectivity index (χ1n) is 4.42. The first kappa shape index (κ1) is 11.1. The highest BCUT2D eigenvalue weighted by Gasteiger charge is 2.18. The Bertz CT molecular complexity index is 304. The summed E-state index contributed by atoms with van der Waals surface area (Å²) in [5.74, 6) is 0. The van der Waals surface area contributed by atoms with E-state index in [1.54, 1.807) is 11.3 Å². The van der Waals surface area contributed by atoms with Crippen LogP contribution in [-0.4, -0.2) is 23.3 Å². The minimum Gasteiger partial charge on any atom is -0.467 e. The van der Waals surface area contributed by atoms with E-state index in [1.165, 1.54) is 0 Å². The van der Waals surface area contributed by atoms with Gasteiger partial charge < -0.3 is 4.74 Å². The van der Waals surface area contributed by atoms with Gasteiger partial charge in [0.1, 0.15) is 10.0 Å². The van der Waals surface area contributed by atoms with Crippen molar-refractivity contribution < 1.29 is 9.53 Å². The average molecular weight is 214 g/mol. The van der Waals surface area contributed by atoms with Gasteiger partial charge in [0.2, 0.25) is 0 Å². The molecule has 0 radical (unpaired) electrons. The van der Waals surface area contributed by atoms with Gasteiger partial charge in [-0.2, -0.15) is 0 Å². The molecule has 1 aromatic rings. The summed E-state index contributed by atoms with van der Waals surface area (Å²) in [7, 11) is 0. The standard InChI is InChI=1S/C9H14N2O2S/c1-9(2,3)8-11-10-7(14-8)4-5-13-6-12/h6H,4-5H2,1-3H3. The Balaban J connectivity index is 2.55. The van der Waals surface area contributed by atoms with Crippen molar-refractivity contribution in [2.75, 3.05) is 6.61 Å². The van der Waals surface area contributed by atoms with Crippen LogP contribution in [0.2, 0.25) is 0 Å². The summed E-state index contributed by atoms with van der Waals surface area (Å²) in [4.78, 5) is 9.90. The molecule has 5 heteroatoms. The van der Waals surface area contributed by atoms with E-state index in [4.69, 9.17) is 0 Å². The van der Waals surface area contributed by atoms with Crippen LogP contribution in [0.25, 0.3) is 0 Å². The van der Waals surface area contributed by atoms with Crippen LogP contribution in [0.1, 0.15) is 30.8 Å². The molecule has 78 valence electrons. The van der Waals surface area contributed by atoms with Crippen LogP contribution in [0.4, 0.5) is 0 Å². The number of rotatable bonds is 4. The number of nitrogens with zero attached hydrogens (tertiary/aromatic N) is 2. The van der Waals surface area contributed by atoms with Gasteiger partial charge in [-0.15, -0.1) is 21.5 Å². The molecule has 0 fully saturated rings. The zero-order chi connectivity index (χ0) is 10.6. The molecule has 0 saturated carbocycles. The Morgan fingerprint density at radius 3 is 2.64 bits per heavy atom. The predicted molar refractivity (Wildman–Crippen MR) is 54.3 cm³/mol. The Kier molecular flexibility index (Phi) is 3.57. The van der Waals surface area contributed by atoms with E-state index in [0.29, 0.717) is 19.5 Å². The summed E-state index contributed by atoms with van der Waals surface area (Å²) < 4.78 is 4.59.